The van der Waals surface area contributed by atoms with Crippen LogP contribution in [-0.2, 0) is 19.5 Å². The fourth-order valence-electron chi connectivity index (χ4n) is 4.67. The smallest absolute Gasteiger partial charge is 0.253 e. The Bertz CT molecular complexity index is 1060. The number of imidazole rings is 1. The molecule has 0 radical (unpaired) electrons. The number of carbonyl (C=O) groups is 1. The standard InChI is InChI=1S/C24H29N5O/c1-17-15-20(22-23(26-17)29-14-4-2-3-7-21(29)27-22)24(30)25-16-18-8-10-19(11-9-18)28-12-5-6-13-28/h8-11,15H,2-7,12-14,16H2,1H3,(H,25,30). The average molecular weight is 404 g/mol. The number of aryl methyl sites for hydroxylation is 3. The topological polar surface area (TPSA) is 63.1 Å². The molecule has 0 bridgehead atoms. The first-order chi connectivity index (χ1) is 14.7. The molecule has 30 heavy (non-hydrogen) atoms. The van der Waals surface area contributed by atoms with Gasteiger partial charge in [0.05, 0.1) is 5.56 Å². The van der Waals surface area contributed by atoms with Gasteiger partial charge in [-0.25, -0.2) is 9.97 Å². The molecule has 0 spiro atoms. The van der Waals surface area contributed by atoms with Gasteiger partial charge in [-0.3, -0.25) is 4.79 Å². The molecule has 0 unspecified atom stereocenters. The van der Waals surface area contributed by atoms with E-state index in [-0.39, 0.29) is 5.91 Å². The van der Waals surface area contributed by atoms with Crippen LogP contribution in [0.2, 0.25) is 0 Å². The molecule has 1 aromatic carbocycles. The van der Waals surface area contributed by atoms with E-state index in [9.17, 15) is 4.79 Å². The quantitative estimate of drug-likeness (QED) is 0.715. The molecule has 1 amide bonds. The third-order valence-electron chi connectivity index (χ3n) is 6.30. The monoisotopic (exact) mass is 403 g/mol. The second kappa shape index (κ2) is 8.09. The summed E-state index contributed by atoms with van der Waals surface area (Å²) in [5.41, 5.74) is 5.45. The Morgan fingerprint density at radius 1 is 1.00 bits per heavy atom. The van der Waals surface area contributed by atoms with Crippen molar-refractivity contribution in [1.29, 1.82) is 0 Å². The van der Waals surface area contributed by atoms with Gasteiger partial charge >= 0.3 is 0 Å². The molecule has 2 aliphatic rings. The molecule has 0 aliphatic carbocycles. The van der Waals surface area contributed by atoms with Gasteiger partial charge in [0.15, 0.2) is 5.65 Å². The number of rotatable bonds is 4. The van der Waals surface area contributed by atoms with Crippen molar-refractivity contribution in [3.63, 3.8) is 0 Å². The van der Waals surface area contributed by atoms with E-state index in [1.165, 1.54) is 24.9 Å². The minimum Gasteiger partial charge on any atom is -0.372 e. The van der Waals surface area contributed by atoms with Gasteiger partial charge in [-0.1, -0.05) is 18.6 Å². The second-order valence-corrected chi connectivity index (χ2v) is 8.52. The number of fused-ring (bicyclic) bond motifs is 3. The molecule has 2 aromatic heterocycles. The zero-order valence-electron chi connectivity index (χ0n) is 17.7. The lowest BCUT2D eigenvalue weighted by Crippen LogP contribution is -2.23. The summed E-state index contributed by atoms with van der Waals surface area (Å²) in [6.45, 7) is 5.68. The summed E-state index contributed by atoms with van der Waals surface area (Å²) in [4.78, 5) is 25.0. The summed E-state index contributed by atoms with van der Waals surface area (Å²) < 4.78 is 2.21. The van der Waals surface area contributed by atoms with E-state index < -0.39 is 0 Å². The second-order valence-electron chi connectivity index (χ2n) is 8.52. The Balaban J connectivity index is 1.34. The van der Waals surface area contributed by atoms with Gasteiger partial charge in [0.25, 0.3) is 5.91 Å². The third-order valence-corrected chi connectivity index (χ3v) is 6.30. The molecule has 1 N–H and O–H groups in total. The van der Waals surface area contributed by atoms with Gasteiger partial charge in [0.1, 0.15) is 11.3 Å². The Kier molecular flexibility index (Phi) is 5.15. The number of carbonyl (C=O) groups excluding carboxylic acids is 1. The van der Waals surface area contributed by atoms with E-state index in [0.717, 1.165) is 67.1 Å². The molecule has 0 saturated carbocycles. The van der Waals surface area contributed by atoms with Gasteiger partial charge in [0.2, 0.25) is 0 Å². The zero-order chi connectivity index (χ0) is 20.5. The molecular formula is C24H29N5O. The minimum absolute atomic E-state index is 0.0811. The first-order valence-electron chi connectivity index (χ1n) is 11.2. The van der Waals surface area contributed by atoms with Crippen LogP contribution in [0.25, 0.3) is 11.2 Å². The normalized spacial score (nSPS) is 16.5. The number of anilines is 1. The fraction of sp³-hybridized carbons (Fsp3) is 0.458. The molecule has 0 atom stereocenters. The highest BCUT2D eigenvalue weighted by Gasteiger charge is 2.20. The minimum atomic E-state index is -0.0811. The number of benzene rings is 1. The lowest BCUT2D eigenvalue weighted by molar-refractivity contribution is 0.0952. The van der Waals surface area contributed by atoms with E-state index in [4.69, 9.17) is 9.97 Å². The van der Waals surface area contributed by atoms with Crippen LogP contribution in [0.1, 0.15) is 59.5 Å². The SMILES string of the molecule is Cc1cc(C(=O)NCc2ccc(N3CCCC3)cc2)c2nc3n(c2n1)CCCCC3. The molecule has 6 nitrogen and oxygen atoms in total. The highest BCUT2D eigenvalue weighted by molar-refractivity contribution is 6.04. The lowest BCUT2D eigenvalue weighted by atomic mass is 10.1. The van der Waals surface area contributed by atoms with Crippen LogP contribution in [-0.4, -0.2) is 33.5 Å². The molecule has 5 rings (SSSR count). The number of nitrogens with one attached hydrogen (secondary N) is 1. The highest BCUT2D eigenvalue weighted by Crippen LogP contribution is 2.24. The summed E-state index contributed by atoms with van der Waals surface area (Å²) >= 11 is 0. The lowest BCUT2D eigenvalue weighted by Gasteiger charge is -2.17. The number of pyridine rings is 1. The van der Waals surface area contributed by atoms with E-state index in [2.05, 4.69) is 39.0 Å². The molecule has 4 heterocycles. The van der Waals surface area contributed by atoms with Crippen molar-refractivity contribution in [1.82, 2.24) is 19.9 Å². The van der Waals surface area contributed by atoms with Gasteiger partial charge in [-0.05, 0) is 56.4 Å². The predicted octanol–water partition coefficient (Wildman–Crippen LogP) is 4.00. The fourth-order valence-corrected chi connectivity index (χ4v) is 4.67. The number of nitrogens with zero attached hydrogens (tertiary/aromatic N) is 4. The third kappa shape index (κ3) is 3.66. The maximum Gasteiger partial charge on any atom is 0.253 e. The summed E-state index contributed by atoms with van der Waals surface area (Å²) in [6.07, 6.45) is 7.02. The van der Waals surface area contributed by atoms with Crippen LogP contribution >= 0.6 is 0 Å². The Morgan fingerprint density at radius 2 is 1.77 bits per heavy atom. The number of hydrogen-bond acceptors (Lipinski definition) is 4. The molecule has 6 heteroatoms. The molecule has 3 aromatic rings. The molecule has 156 valence electrons. The van der Waals surface area contributed by atoms with Gasteiger partial charge in [0, 0.05) is 44.0 Å². The van der Waals surface area contributed by atoms with Gasteiger partial charge < -0.3 is 14.8 Å². The zero-order valence-corrected chi connectivity index (χ0v) is 17.7. The number of hydrogen-bond donors (Lipinski definition) is 1. The van der Waals surface area contributed by atoms with Crippen molar-refractivity contribution >= 4 is 22.8 Å². The van der Waals surface area contributed by atoms with Crippen molar-refractivity contribution in [2.24, 2.45) is 0 Å². The van der Waals surface area contributed by atoms with Crippen molar-refractivity contribution in [3.05, 3.63) is 53.0 Å². The van der Waals surface area contributed by atoms with E-state index in [0.29, 0.717) is 12.1 Å². The average Bonchev–Trinajstić information content (AvgIpc) is 3.35. The number of aromatic nitrogens is 3. The van der Waals surface area contributed by atoms with Crippen LogP contribution in [0.15, 0.2) is 30.3 Å². The van der Waals surface area contributed by atoms with Crippen LogP contribution in [0.3, 0.4) is 0 Å². The van der Waals surface area contributed by atoms with E-state index >= 15 is 0 Å². The van der Waals surface area contributed by atoms with E-state index in [1.54, 1.807) is 0 Å². The van der Waals surface area contributed by atoms with Crippen LogP contribution in [0.4, 0.5) is 5.69 Å². The van der Waals surface area contributed by atoms with Crippen molar-refractivity contribution in [2.75, 3.05) is 18.0 Å². The Hall–Kier alpha value is -2.89. The van der Waals surface area contributed by atoms with Crippen LogP contribution in [0.5, 0.6) is 0 Å². The predicted molar refractivity (Wildman–Crippen MR) is 119 cm³/mol. The largest absolute Gasteiger partial charge is 0.372 e. The Morgan fingerprint density at radius 3 is 2.57 bits per heavy atom. The summed E-state index contributed by atoms with van der Waals surface area (Å²) in [5, 5.41) is 3.09. The summed E-state index contributed by atoms with van der Waals surface area (Å²) in [5.74, 6) is 0.981. The summed E-state index contributed by atoms with van der Waals surface area (Å²) in [7, 11) is 0. The van der Waals surface area contributed by atoms with Crippen molar-refractivity contribution in [2.45, 2.75) is 58.5 Å². The first-order valence-corrected chi connectivity index (χ1v) is 11.2. The van der Waals surface area contributed by atoms with E-state index in [1.807, 2.05) is 13.0 Å². The summed E-state index contributed by atoms with van der Waals surface area (Å²) in [6, 6.07) is 10.4. The van der Waals surface area contributed by atoms with Gasteiger partial charge in [-0.15, -0.1) is 0 Å². The molecular weight excluding hydrogens is 374 g/mol. The van der Waals surface area contributed by atoms with Crippen LogP contribution < -0.4 is 10.2 Å². The van der Waals surface area contributed by atoms with Crippen LogP contribution in [0, 0.1) is 6.92 Å². The maximum absolute atomic E-state index is 13.0. The van der Waals surface area contributed by atoms with Crippen molar-refractivity contribution in [3.8, 4) is 0 Å². The molecule has 2 aliphatic heterocycles. The van der Waals surface area contributed by atoms with Gasteiger partial charge in [-0.2, -0.15) is 0 Å². The maximum atomic E-state index is 13.0. The first kappa shape index (κ1) is 19.1. The number of amides is 1. The van der Waals surface area contributed by atoms with Crippen molar-refractivity contribution < 1.29 is 4.79 Å². The molecule has 1 fully saturated rings. The Labute approximate surface area is 177 Å². The highest BCUT2D eigenvalue weighted by atomic mass is 16.1. The molecule has 1 saturated heterocycles.